The number of carbonyl (C=O) groups excluding carboxylic acids is 1. The minimum absolute atomic E-state index is 0. The number of fused-ring (bicyclic) bond motifs is 1. The number of hydrogen-bond acceptors (Lipinski definition) is 5. The van der Waals surface area contributed by atoms with E-state index in [1.54, 1.807) is 30.7 Å². The molecule has 1 aromatic carbocycles. The van der Waals surface area contributed by atoms with E-state index < -0.39 is 0 Å². The van der Waals surface area contributed by atoms with Crippen molar-refractivity contribution in [3.05, 3.63) is 60.6 Å². The third kappa shape index (κ3) is 4.10. The Balaban J connectivity index is 0.00000256. The van der Waals surface area contributed by atoms with Crippen LogP contribution in [0, 0.1) is 11.3 Å². The van der Waals surface area contributed by atoms with Gasteiger partial charge in [0.1, 0.15) is 0 Å². The molecule has 30 heavy (non-hydrogen) atoms. The summed E-state index contributed by atoms with van der Waals surface area (Å²) in [5.41, 5.74) is 5.10. The van der Waals surface area contributed by atoms with E-state index in [0.29, 0.717) is 29.3 Å². The molecule has 4 rings (SSSR count). The maximum atomic E-state index is 11.9. The van der Waals surface area contributed by atoms with Gasteiger partial charge in [0.25, 0.3) is 0 Å². The van der Waals surface area contributed by atoms with Gasteiger partial charge in [-0.05, 0) is 42.8 Å². The summed E-state index contributed by atoms with van der Waals surface area (Å²) >= 11 is 0. The third-order valence-corrected chi connectivity index (χ3v) is 4.32. The highest BCUT2D eigenvalue weighted by Crippen LogP contribution is 2.33. The Kier molecular flexibility index (Phi) is 6.03. The number of pyridine rings is 2. The zero-order valence-corrected chi connectivity index (χ0v) is 15.6. The van der Waals surface area contributed by atoms with Crippen molar-refractivity contribution in [2.75, 3.05) is 11.9 Å². The molecule has 0 atom stereocenters. The summed E-state index contributed by atoms with van der Waals surface area (Å²) in [5.74, 6) is 0.326. The predicted molar refractivity (Wildman–Crippen MR) is 117 cm³/mol. The summed E-state index contributed by atoms with van der Waals surface area (Å²) < 4.78 is 0. The van der Waals surface area contributed by atoms with Crippen molar-refractivity contribution in [2.45, 2.75) is 14.4 Å². The molecule has 0 saturated heterocycles. The quantitative estimate of drug-likeness (QED) is 0.472. The molecule has 0 unspecified atom stereocenters. The van der Waals surface area contributed by atoms with Crippen LogP contribution in [0.4, 0.5) is 10.7 Å². The van der Waals surface area contributed by atoms with Crippen LogP contribution in [0.3, 0.4) is 0 Å². The number of hydrogen-bond donors (Lipinski definition) is 3. The maximum absolute atomic E-state index is 11.9. The fraction of sp³-hybridized carbons (Fsp3) is 0.136. The molecule has 8 heteroatoms. The van der Waals surface area contributed by atoms with E-state index in [0.717, 1.165) is 22.2 Å². The molecule has 0 spiro atoms. The van der Waals surface area contributed by atoms with Crippen LogP contribution in [0.25, 0.3) is 33.4 Å². The molecule has 3 heterocycles. The topological polar surface area (TPSA) is 119 Å². The van der Waals surface area contributed by atoms with Gasteiger partial charge in [0.05, 0.1) is 28.4 Å². The highest BCUT2D eigenvalue weighted by atomic mass is 16.2. The number of aromatic amines is 1. The Labute approximate surface area is 174 Å². The van der Waals surface area contributed by atoms with Crippen molar-refractivity contribution in [3.8, 4) is 28.5 Å². The summed E-state index contributed by atoms with van der Waals surface area (Å²) in [4.78, 5) is 28.2. The van der Waals surface area contributed by atoms with Crippen LogP contribution >= 0.6 is 0 Å². The summed E-state index contributed by atoms with van der Waals surface area (Å²) in [7, 11) is 0. The lowest BCUT2D eigenvalue weighted by molar-refractivity contribution is 0.252. The van der Waals surface area contributed by atoms with Gasteiger partial charge in [-0.15, -0.1) is 0 Å². The molecule has 3 aromatic heterocycles. The molecular weight excluding hydrogens is 378 g/mol. The van der Waals surface area contributed by atoms with Gasteiger partial charge in [-0.2, -0.15) is 5.26 Å². The number of H-pyrrole nitrogens is 1. The van der Waals surface area contributed by atoms with Crippen LogP contribution in [-0.2, 0) is 0 Å². The number of carbonyl (C=O) groups is 1. The van der Waals surface area contributed by atoms with E-state index in [9.17, 15) is 10.1 Å². The molecule has 0 bridgehead atoms. The number of imidazole rings is 1. The second-order valence-electron chi connectivity index (χ2n) is 6.27. The number of benzene rings is 1. The van der Waals surface area contributed by atoms with Crippen molar-refractivity contribution in [1.29, 1.82) is 5.26 Å². The fourth-order valence-electron chi connectivity index (χ4n) is 3.03. The second-order valence-corrected chi connectivity index (χ2v) is 6.27. The maximum Gasteiger partial charge on any atom is 0.321 e. The van der Waals surface area contributed by atoms with Crippen LogP contribution in [0.1, 0.15) is 19.9 Å². The molecule has 0 fully saturated rings. The summed E-state index contributed by atoms with van der Waals surface area (Å²) in [6, 6.07) is 12.9. The van der Waals surface area contributed by atoms with Crippen molar-refractivity contribution in [3.63, 3.8) is 0 Å². The molecule has 0 saturated carbocycles. The van der Waals surface area contributed by atoms with Gasteiger partial charge in [0, 0.05) is 36.3 Å². The molecule has 0 aliphatic carbocycles. The first-order chi connectivity index (χ1) is 14.2. The molecule has 2 amide bonds. The van der Waals surface area contributed by atoms with Crippen molar-refractivity contribution in [1.82, 2.24) is 25.3 Å². The number of nitrogens with one attached hydrogen (secondary N) is 3. The second kappa shape index (κ2) is 8.84. The van der Waals surface area contributed by atoms with Crippen molar-refractivity contribution >= 4 is 23.0 Å². The average molecular weight is 399 g/mol. The Morgan fingerprint density at radius 1 is 1.20 bits per heavy atom. The first-order valence-corrected chi connectivity index (χ1v) is 9.03. The standard InChI is InChI=1S/C21H17N7O.CH4/c1-2-24-21(29)28-20-26-18-10-15(14-4-3-6-23-12-14)9-16(19(18)27-20)17-8-13(11-22)5-7-25-17;/h3-10,12H,2H2,1H3,(H3,24,26,27,28,29);1H4. The lowest BCUT2D eigenvalue weighted by Crippen LogP contribution is -2.28. The van der Waals surface area contributed by atoms with Crippen molar-refractivity contribution in [2.24, 2.45) is 0 Å². The Hall–Kier alpha value is -4.25. The van der Waals surface area contributed by atoms with E-state index in [1.807, 2.05) is 31.2 Å². The lowest BCUT2D eigenvalue weighted by Gasteiger charge is -2.07. The monoisotopic (exact) mass is 399 g/mol. The molecule has 4 aromatic rings. The zero-order valence-electron chi connectivity index (χ0n) is 15.6. The molecule has 0 radical (unpaired) electrons. The minimum atomic E-state index is -0.342. The molecular formula is C22H21N7O. The van der Waals surface area contributed by atoms with Crippen LogP contribution in [0.2, 0.25) is 0 Å². The third-order valence-electron chi connectivity index (χ3n) is 4.32. The van der Waals surface area contributed by atoms with Crippen LogP contribution in [0.15, 0.2) is 55.0 Å². The Morgan fingerprint density at radius 3 is 2.80 bits per heavy atom. The smallest absolute Gasteiger partial charge is 0.321 e. The normalized spacial score (nSPS) is 10.1. The highest BCUT2D eigenvalue weighted by Gasteiger charge is 2.15. The van der Waals surface area contributed by atoms with E-state index in [1.165, 1.54) is 0 Å². The first-order valence-electron chi connectivity index (χ1n) is 9.03. The molecule has 8 nitrogen and oxygen atoms in total. The summed E-state index contributed by atoms with van der Waals surface area (Å²) in [6.07, 6.45) is 5.08. The zero-order chi connectivity index (χ0) is 20.2. The van der Waals surface area contributed by atoms with E-state index in [4.69, 9.17) is 0 Å². The first kappa shape index (κ1) is 20.5. The van der Waals surface area contributed by atoms with Crippen LogP contribution in [-0.4, -0.2) is 32.5 Å². The molecule has 0 aliphatic heterocycles. The minimum Gasteiger partial charge on any atom is -0.338 e. The van der Waals surface area contributed by atoms with Gasteiger partial charge in [-0.3, -0.25) is 15.3 Å². The number of anilines is 1. The van der Waals surface area contributed by atoms with Gasteiger partial charge in [-0.25, -0.2) is 9.78 Å². The Morgan fingerprint density at radius 2 is 2.07 bits per heavy atom. The lowest BCUT2D eigenvalue weighted by atomic mass is 10.0. The van der Waals surface area contributed by atoms with Gasteiger partial charge in [0.2, 0.25) is 5.95 Å². The number of nitriles is 1. The fourth-order valence-corrected chi connectivity index (χ4v) is 3.03. The molecule has 3 N–H and O–H groups in total. The average Bonchev–Trinajstić information content (AvgIpc) is 3.16. The number of aromatic nitrogens is 4. The van der Waals surface area contributed by atoms with Gasteiger partial charge in [0.15, 0.2) is 0 Å². The van der Waals surface area contributed by atoms with E-state index in [-0.39, 0.29) is 13.5 Å². The summed E-state index contributed by atoms with van der Waals surface area (Å²) in [5, 5.41) is 14.6. The SMILES string of the molecule is C.CCNC(=O)Nc1nc2c(-c3cc(C#N)ccn3)cc(-c3cccnc3)cc2[nH]1. The van der Waals surface area contributed by atoms with E-state index >= 15 is 0 Å². The predicted octanol–water partition coefficient (Wildman–Crippen LogP) is 4.34. The van der Waals surface area contributed by atoms with Gasteiger partial charge < -0.3 is 10.3 Å². The number of urea groups is 1. The van der Waals surface area contributed by atoms with Crippen molar-refractivity contribution < 1.29 is 4.79 Å². The summed E-state index contributed by atoms with van der Waals surface area (Å²) in [6.45, 7) is 2.34. The Bertz CT molecular complexity index is 1230. The number of nitrogens with zero attached hydrogens (tertiary/aromatic N) is 4. The van der Waals surface area contributed by atoms with Crippen LogP contribution < -0.4 is 10.6 Å². The number of amides is 2. The van der Waals surface area contributed by atoms with Gasteiger partial charge in [-0.1, -0.05) is 13.5 Å². The highest BCUT2D eigenvalue weighted by molar-refractivity contribution is 5.98. The van der Waals surface area contributed by atoms with Crippen LogP contribution in [0.5, 0.6) is 0 Å². The van der Waals surface area contributed by atoms with E-state index in [2.05, 4.69) is 36.6 Å². The number of rotatable bonds is 4. The molecule has 150 valence electrons. The molecule has 0 aliphatic rings. The van der Waals surface area contributed by atoms with Gasteiger partial charge >= 0.3 is 6.03 Å². The largest absolute Gasteiger partial charge is 0.338 e.